The van der Waals surface area contributed by atoms with E-state index in [0.717, 1.165) is 10.8 Å². The number of phenolic OH excluding ortho intramolecular Hbond substituents is 1. The first-order valence-electron chi connectivity index (χ1n) is 8.52. The number of amides is 1. The van der Waals surface area contributed by atoms with Gasteiger partial charge in [-0.15, -0.1) is 6.42 Å². The van der Waals surface area contributed by atoms with Crippen LogP contribution in [0.15, 0.2) is 53.6 Å². The second-order valence-electron chi connectivity index (χ2n) is 5.94. The summed E-state index contributed by atoms with van der Waals surface area (Å²) in [6.07, 6.45) is 6.59. The number of carbonyl (C=O) groups excluding carboxylic acids is 1. The van der Waals surface area contributed by atoms with Crippen molar-refractivity contribution in [2.45, 2.75) is 0 Å². The quantitative estimate of drug-likeness (QED) is 0.367. The molecule has 0 radical (unpaired) electrons. The molecule has 6 nitrogen and oxygen atoms in total. The Balaban J connectivity index is 1.77. The van der Waals surface area contributed by atoms with Crippen molar-refractivity contribution in [1.82, 2.24) is 5.43 Å². The van der Waals surface area contributed by atoms with Gasteiger partial charge < -0.3 is 14.6 Å². The Morgan fingerprint density at radius 2 is 2.00 bits per heavy atom. The van der Waals surface area contributed by atoms with E-state index in [-0.39, 0.29) is 17.9 Å². The second kappa shape index (κ2) is 9.00. The maximum atomic E-state index is 12.4. The summed E-state index contributed by atoms with van der Waals surface area (Å²) in [6, 6.07) is 13.8. The largest absolute Gasteiger partial charge is 0.507 e. The Morgan fingerprint density at radius 1 is 1.28 bits per heavy atom. The van der Waals surface area contributed by atoms with E-state index in [1.165, 1.54) is 19.4 Å². The molecule has 0 aliphatic heterocycles. The lowest BCUT2D eigenvalue weighted by molar-refractivity contribution is 0.0952. The zero-order valence-electron chi connectivity index (χ0n) is 15.5. The van der Waals surface area contributed by atoms with Crippen LogP contribution in [0.3, 0.4) is 0 Å². The van der Waals surface area contributed by atoms with E-state index >= 15 is 0 Å². The maximum absolute atomic E-state index is 12.4. The zero-order chi connectivity index (χ0) is 20.8. The van der Waals surface area contributed by atoms with Gasteiger partial charge in [0, 0.05) is 0 Å². The lowest BCUT2D eigenvalue weighted by atomic mass is 10.1. The van der Waals surface area contributed by atoms with Crippen LogP contribution in [0.5, 0.6) is 17.2 Å². The number of ether oxygens (including phenoxy) is 2. The Labute approximate surface area is 172 Å². The number of halogens is 1. The minimum atomic E-state index is -0.545. The first-order valence-corrected chi connectivity index (χ1v) is 8.90. The molecule has 0 unspecified atom stereocenters. The SMILES string of the molecule is C#CCOc1c(Cl)cc(C=NNC(=O)c2cc3ccccc3cc2O)cc1OC. The van der Waals surface area contributed by atoms with Gasteiger partial charge in [-0.3, -0.25) is 4.79 Å². The third-order valence-electron chi connectivity index (χ3n) is 4.04. The van der Waals surface area contributed by atoms with Crippen LogP contribution in [0.25, 0.3) is 10.8 Å². The van der Waals surface area contributed by atoms with Gasteiger partial charge in [0.15, 0.2) is 11.5 Å². The van der Waals surface area contributed by atoms with Crippen LogP contribution in [0.2, 0.25) is 5.02 Å². The molecule has 0 fully saturated rings. The molecule has 0 aliphatic carbocycles. The average Bonchev–Trinajstić information content (AvgIpc) is 2.72. The third-order valence-corrected chi connectivity index (χ3v) is 4.32. The van der Waals surface area contributed by atoms with E-state index in [2.05, 4.69) is 16.4 Å². The molecule has 0 heterocycles. The minimum absolute atomic E-state index is 0.0504. The van der Waals surface area contributed by atoms with Gasteiger partial charge in [0.05, 0.1) is 23.9 Å². The molecule has 29 heavy (non-hydrogen) atoms. The van der Waals surface area contributed by atoms with Crippen molar-refractivity contribution in [3.8, 4) is 29.6 Å². The van der Waals surface area contributed by atoms with Crippen molar-refractivity contribution in [1.29, 1.82) is 0 Å². The van der Waals surface area contributed by atoms with Gasteiger partial charge in [-0.1, -0.05) is 41.8 Å². The number of hydrogen-bond donors (Lipinski definition) is 2. The smallest absolute Gasteiger partial charge is 0.275 e. The van der Waals surface area contributed by atoms with Gasteiger partial charge >= 0.3 is 0 Å². The predicted molar refractivity (Wildman–Crippen MR) is 113 cm³/mol. The number of carbonyl (C=O) groups is 1. The number of hydrogen-bond acceptors (Lipinski definition) is 5. The van der Waals surface area contributed by atoms with Crippen LogP contribution in [0.1, 0.15) is 15.9 Å². The fourth-order valence-electron chi connectivity index (χ4n) is 2.70. The fraction of sp³-hybridized carbons (Fsp3) is 0.0909. The van der Waals surface area contributed by atoms with Gasteiger partial charge in [0.25, 0.3) is 5.91 Å². The molecule has 146 valence electrons. The molecule has 0 bridgehead atoms. The van der Waals surface area contributed by atoms with Crippen molar-refractivity contribution in [2.24, 2.45) is 5.10 Å². The predicted octanol–water partition coefficient (Wildman–Crippen LogP) is 3.98. The highest BCUT2D eigenvalue weighted by molar-refractivity contribution is 6.32. The van der Waals surface area contributed by atoms with Crippen LogP contribution >= 0.6 is 11.6 Å². The minimum Gasteiger partial charge on any atom is -0.507 e. The summed E-state index contributed by atoms with van der Waals surface area (Å²) in [5, 5.41) is 16.0. The molecule has 3 aromatic carbocycles. The first-order chi connectivity index (χ1) is 14.0. The summed E-state index contributed by atoms with van der Waals surface area (Å²) < 4.78 is 10.6. The molecule has 0 atom stereocenters. The Kier molecular flexibility index (Phi) is 6.22. The molecule has 0 saturated carbocycles. The Bertz CT molecular complexity index is 1140. The number of methoxy groups -OCH3 is 1. The maximum Gasteiger partial charge on any atom is 0.275 e. The van der Waals surface area contributed by atoms with E-state index in [1.807, 2.05) is 24.3 Å². The summed E-state index contributed by atoms with van der Waals surface area (Å²) in [5.74, 6) is 2.39. The van der Waals surface area contributed by atoms with Crippen LogP contribution in [-0.4, -0.2) is 30.9 Å². The number of aromatic hydroxyl groups is 1. The van der Waals surface area contributed by atoms with Crippen LogP contribution in [-0.2, 0) is 0 Å². The molecule has 0 spiro atoms. The van der Waals surface area contributed by atoms with E-state index in [4.69, 9.17) is 27.5 Å². The van der Waals surface area contributed by atoms with Crippen molar-refractivity contribution in [3.05, 3.63) is 64.7 Å². The van der Waals surface area contributed by atoms with E-state index in [9.17, 15) is 9.90 Å². The average molecular weight is 409 g/mol. The number of nitrogens with one attached hydrogen (secondary N) is 1. The molecule has 0 saturated heterocycles. The van der Waals surface area contributed by atoms with Crippen molar-refractivity contribution in [3.63, 3.8) is 0 Å². The summed E-state index contributed by atoms with van der Waals surface area (Å²) in [4.78, 5) is 12.4. The Hall–Kier alpha value is -3.69. The standard InChI is InChI=1S/C22H17ClN2O4/c1-3-8-29-21-18(23)9-14(10-20(21)28-2)13-24-25-22(27)17-11-15-6-4-5-7-16(15)12-19(17)26/h1,4-7,9-13,26H,8H2,2H3,(H,25,27). The lowest BCUT2D eigenvalue weighted by Crippen LogP contribution is -2.17. The van der Waals surface area contributed by atoms with Gasteiger partial charge in [0.2, 0.25) is 0 Å². The van der Waals surface area contributed by atoms with Gasteiger partial charge in [-0.05, 0) is 40.6 Å². The molecular weight excluding hydrogens is 392 g/mol. The lowest BCUT2D eigenvalue weighted by Gasteiger charge is -2.11. The van der Waals surface area contributed by atoms with Gasteiger partial charge in [-0.25, -0.2) is 5.43 Å². The first kappa shape index (κ1) is 20.1. The summed E-state index contributed by atoms with van der Waals surface area (Å²) in [5.41, 5.74) is 3.08. The number of hydrazone groups is 1. The number of terminal acetylenes is 1. The molecule has 0 aliphatic rings. The van der Waals surface area contributed by atoms with E-state index in [1.54, 1.807) is 18.2 Å². The third kappa shape index (κ3) is 4.60. The highest BCUT2D eigenvalue weighted by Gasteiger charge is 2.13. The highest BCUT2D eigenvalue weighted by Crippen LogP contribution is 2.36. The molecule has 3 aromatic rings. The normalized spacial score (nSPS) is 10.7. The van der Waals surface area contributed by atoms with Crippen LogP contribution in [0, 0.1) is 12.3 Å². The molecule has 1 amide bonds. The molecule has 3 rings (SSSR count). The van der Waals surface area contributed by atoms with Gasteiger partial charge in [0.1, 0.15) is 12.4 Å². The van der Waals surface area contributed by atoms with Crippen molar-refractivity contribution < 1.29 is 19.4 Å². The monoisotopic (exact) mass is 408 g/mol. The number of nitrogens with zero attached hydrogens (tertiary/aromatic N) is 1. The molecule has 7 heteroatoms. The zero-order valence-corrected chi connectivity index (χ0v) is 16.2. The van der Waals surface area contributed by atoms with Gasteiger partial charge in [-0.2, -0.15) is 5.10 Å². The number of rotatable bonds is 6. The topological polar surface area (TPSA) is 80.2 Å². The Morgan fingerprint density at radius 3 is 2.69 bits per heavy atom. The number of phenols is 1. The molecular formula is C22H17ClN2O4. The summed E-state index contributed by atoms with van der Waals surface area (Å²) in [7, 11) is 1.47. The second-order valence-corrected chi connectivity index (χ2v) is 6.35. The van der Waals surface area contributed by atoms with Crippen molar-refractivity contribution in [2.75, 3.05) is 13.7 Å². The number of benzene rings is 3. The van der Waals surface area contributed by atoms with E-state index < -0.39 is 5.91 Å². The summed E-state index contributed by atoms with van der Waals surface area (Å²) >= 11 is 6.21. The highest BCUT2D eigenvalue weighted by atomic mass is 35.5. The summed E-state index contributed by atoms with van der Waals surface area (Å²) in [6.45, 7) is 0.0504. The molecule has 0 aromatic heterocycles. The molecule has 2 N–H and O–H groups in total. The van der Waals surface area contributed by atoms with E-state index in [0.29, 0.717) is 22.1 Å². The van der Waals surface area contributed by atoms with Crippen LogP contribution < -0.4 is 14.9 Å². The van der Waals surface area contributed by atoms with Crippen LogP contribution in [0.4, 0.5) is 0 Å². The van der Waals surface area contributed by atoms with Crippen molar-refractivity contribution >= 4 is 34.5 Å². The fourth-order valence-corrected chi connectivity index (χ4v) is 2.98. The number of fused-ring (bicyclic) bond motifs is 1.